The lowest BCUT2D eigenvalue weighted by molar-refractivity contribution is 0.0963. The van der Waals surface area contributed by atoms with E-state index in [-0.39, 0.29) is 5.91 Å². The summed E-state index contributed by atoms with van der Waals surface area (Å²) in [5.74, 6) is -0.204. The highest BCUT2D eigenvalue weighted by Gasteiger charge is 2.08. The van der Waals surface area contributed by atoms with Gasteiger partial charge in [-0.2, -0.15) is 5.26 Å². The van der Waals surface area contributed by atoms with Crippen LogP contribution in [0.3, 0.4) is 0 Å². The van der Waals surface area contributed by atoms with E-state index in [0.717, 1.165) is 0 Å². The maximum atomic E-state index is 11.5. The second-order valence-electron chi connectivity index (χ2n) is 4.31. The van der Waals surface area contributed by atoms with E-state index in [1.165, 1.54) is 0 Å². The summed E-state index contributed by atoms with van der Waals surface area (Å²) in [5.41, 5.74) is 8.58. The fourth-order valence-electron chi connectivity index (χ4n) is 1.79. The van der Waals surface area contributed by atoms with E-state index in [1.807, 2.05) is 6.07 Å². The number of nitrogens with zero attached hydrogens (tertiary/aromatic N) is 1. The molecular weight excluding hydrogens is 288 g/mol. The first kappa shape index (κ1) is 14.7. The predicted molar refractivity (Wildman–Crippen MR) is 83.7 cm³/mol. The van der Waals surface area contributed by atoms with Crippen molar-refractivity contribution in [1.29, 1.82) is 5.26 Å². The summed E-state index contributed by atoms with van der Waals surface area (Å²) in [6, 6.07) is 11.9. The molecule has 0 heterocycles. The van der Waals surface area contributed by atoms with Crippen LogP contribution < -0.4 is 16.4 Å². The number of carbonyl (C=O) groups is 1. The summed E-state index contributed by atoms with van der Waals surface area (Å²) in [6.45, 7) is 0. The van der Waals surface area contributed by atoms with Crippen LogP contribution in [0, 0.1) is 11.3 Å². The molecule has 106 valence electrons. The zero-order valence-corrected chi connectivity index (χ0v) is 12.0. The van der Waals surface area contributed by atoms with Crippen LogP contribution in [-0.4, -0.2) is 13.0 Å². The molecule has 5 nitrogen and oxygen atoms in total. The summed E-state index contributed by atoms with van der Waals surface area (Å²) in [7, 11) is 1.56. The highest BCUT2D eigenvalue weighted by atomic mass is 35.5. The van der Waals surface area contributed by atoms with Gasteiger partial charge in [0.1, 0.15) is 0 Å². The van der Waals surface area contributed by atoms with Gasteiger partial charge in [-0.1, -0.05) is 11.6 Å². The lowest BCUT2D eigenvalue weighted by Gasteiger charge is -2.12. The first-order chi connectivity index (χ1) is 10.0. The van der Waals surface area contributed by atoms with Crippen molar-refractivity contribution in [2.75, 3.05) is 18.1 Å². The van der Waals surface area contributed by atoms with E-state index in [2.05, 4.69) is 10.6 Å². The van der Waals surface area contributed by atoms with Gasteiger partial charge in [0.05, 0.1) is 33.7 Å². The van der Waals surface area contributed by atoms with Crippen molar-refractivity contribution in [1.82, 2.24) is 5.32 Å². The molecule has 0 saturated heterocycles. The van der Waals surface area contributed by atoms with E-state index >= 15 is 0 Å². The third-order valence-electron chi connectivity index (χ3n) is 2.91. The number of anilines is 3. The molecule has 1 amide bonds. The lowest BCUT2D eigenvalue weighted by Crippen LogP contribution is -2.17. The monoisotopic (exact) mass is 300 g/mol. The first-order valence-corrected chi connectivity index (χ1v) is 6.51. The Labute approximate surface area is 127 Å². The smallest absolute Gasteiger partial charge is 0.251 e. The molecule has 0 aliphatic carbocycles. The Morgan fingerprint density at radius 2 is 1.95 bits per heavy atom. The molecule has 0 spiro atoms. The van der Waals surface area contributed by atoms with Crippen molar-refractivity contribution < 1.29 is 4.79 Å². The summed E-state index contributed by atoms with van der Waals surface area (Å²) < 4.78 is 0. The van der Waals surface area contributed by atoms with E-state index in [4.69, 9.17) is 22.6 Å². The number of nitrogens with one attached hydrogen (secondary N) is 2. The minimum atomic E-state index is -0.204. The van der Waals surface area contributed by atoms with Gasteiger partial charge in [-0.05, 0) is 36.4 Å². The van der Waals surface area contributed by atoms with Crippen LogP contribution in [0.1, 0.15) is 15.9 Å². The molecule has 0 unspecified atom stereocenters. The number of amides is 1. The van der Waals surface area contributed by atoms with Crippen molar-refractivity contribution >= 4 is 34.6 Å². The molecule has 2 aromatic carbocycles. The summed E-state index contributed by atoms with van der Waals surface area (Å²) in [4.78, 5) is 11.5. The van der Waals surface area contributed by atoms with Crippen LogP contribution >= 0.6 is 11.6 Å². The number of nitrogen functional groups attached to an aromatic ring is 1. The van der Waals surface area contributed by atoms with E-state index in [1.54, 1.807) is 43.4 Å². The molecular formula is C15H13ClN4O. The number of halogens is 1. The lowest BCUT2D eigenvalue weighted by atomic mass is 10.1. The van der Waals surface area contributed by atoms with Crippen LogP contribution in [0.4, 0.5) is 17.1 Å². The molecule has 21 heavy (non-hydrogen) atoms. The SMILES string of the molecule is CNC(=O)c1ccc(Nc2ccc(C#N)cc2Cl)c(N)c1. The van der Waals surface area contributed by atoms with Gasteiger partial charge in [0.15, 0.2) is 0 Å². The van der Waals surface area contributed by atoms with Crippen molar-refractivity contribution in [2.45, 2.75) is 0 Å². The Morgan fingerprint density at radius 3 is 2.52 bits per heavy atom. The molecule has 0 atom stereocenters. The Morgan fingerprint density at radius 1 is 1.24 bits per heavy atom. The van der Waals surface area contributed by atoms with Crippen molar-refractivity contribution in [3.63, 3.8) is 0 Å². The third kappa shape index (κ3) is 3.25. The minimum absolute atomic E-state index is 0.204. The topological polar surface area (TPSA) is 90.9 Å². The Kier molecular flexibility index (Phi) is 4.31. The van der Waals surface area contributed by atoms with Gasteiger partial charge >= 0.3 is 0 Å². The van der Waals surface area contributed by atoms with Crippen LogP contribution in [0.5, 0.6) is 0 Å². The van der Waals surface area contributed by atoms with Gasteiger partial charge in [0.2, 0.25) is 0 Å². The van der Waals surface area contributed by atoms with E-state index in [0.29, 0.717) is 33.2 Å². The Bertz CT molecular complexity index is 737. The summed E-state index contributed by atoms with van der Waals surface area (Å²) in [5, 5.41) is 14.8. The maximum Gasteiger partial charge on any atom is 0.251 e. The summed E-state index contributed by atoms with van der Waals surface area (Å²) in [6.07, 6.45) is 0. The predicted octanol–water partition coefficient (Wildman–Crippen LogP) is 2.90. The van der Waals surface area contributed by atoms with Gasteiger partial charge in [-0.25, -0.2) is 0 Å². The minimum Gasteiger partial charge on any atom is -0.397 e. The molecule has 0 fully saturated rings. The van der Waals surface area contributed by atoms with Gasteiger partial charge in [-0.15, -0.1) is 0 Å². The van der Waals surface area contributed by atoms with Gasteiger partial charge in [0, 0.05) is 12.6 Å². The molecule has 0 aromatic heterocycles. The normalized spacial score (nSPS) is 9.76. The maximum absolute atomic E-state index is 11.5. The number of nitrogens with two attached hydrogens (primary N) is 1. The number of hydrogen-bond donors (Lipinski definition) is 3. The molecule has 0 saturated carbocycles. The third-order valence-corrected chi connectivity index (χ3v) is 3.22. The van der Waals surface area contributed by atoms with Crippen LogP contribution in [0.15, 0.2) is 36.4 Å². The molecule has 0 bridgehead atoms. The molecule has 6 heteroatoms. The number of carbonyl (C=O) groups excluding carboxylic acids is 1. The first-order valence-electron chi connectivity index (χ1n) is 6.13. The average Bonchev–Trinajstić information content (AvgIpc) is 2.50. The molecule has 0 radical (unpaired) electrons. The van der Waals surface area contributed by atoms with E-state index < -0.39 is 0 Å². The van der Waals surface area contributed by atoms with Gasteiger partial charge < -0.3 is 16.4 Å². The Balaban J connectivity index is 2.28. The van der Waals surface area contributed by atoms with Gasteiger partial charge in [-0.3, -0.25) is 4.79 Å². The quantitative estimate of drug-likeness (QED) is 0.760. The van der Waals surface area contributed by atoms with Gasteiger partial charge in [0.25, 0.3) is 5.91 Å². The van der Waals surface area contributed by atoms with Crippen LogP contribution in [0.2, 0.25) is 5.02 Å². The van der Waals surface area contributed by atoms with Crippen LogP contribution in [0.25, 0.3) is 0 Å². The second kappa shape index (κ2) is 6.16. The standard InChI is InChI=1S/C15H13ClN4O/c1-19-15(21)10-3-5-14(12(18)7-10)20-13-4-2-9(8-17)6-11(13)16/h2-7,20H,18H2,1H3,(H,19,21). The number of rotatable bonds is 3. The van der Waals surface area contributed by atoms with Crippen molar-refractivity contribution in [2.24, 2.45) is 0 Å². The molecule has 0 aliphatic heterocycles. The largest absolute Gasteiger partial charge is 0.397 e. The molecule has 4 N–H and O–H groups in total. The molecule has 0 aliphatic rings. The number of hydrogen-bond acceptors (Lipinski definition) is 4. The fourth-order valence-corrected chi connectivity index (χ4v) is 2.02. The highest BCUT2D eigenvalue weighted by molar-refractivity contribution is 6.33. The Hall–Kier alpha value is -2.71. The van der Waals surface area contributed by atoms with E-state index in [9.17, 15) is 4.79 Å². The van der Waals surface area contributed by atoms with Crippen molar-refractivity contribution in [3.8, 4) is 6.07 Å². The highest BCUT2D eigenvalue weighted by Crippen LogP contribution is 2.29. The number of nitriles is 1. The summed E-state index contributed by atoms with van der Waals surface area (Å²) >= 11 is 6.10. The second-order valence-corrected chi connectivity index (χ2v) is 4.72. The molecule has 2 rings (SSSR count). The van der Waals surface area contributed by atoms with Crippen molar-refractivity contribution in [3.05, 3.63) is 52.5 Å². The van der Waals surface area contributed by atoms with Crippen LogP contribution in [-0.2, 0) is 0 Å². The fraction of sp³-hybridized carbons (Fsp3) is 0.0667. The zero-order valence-electron chi connectivity index (χ0n) is 11.3. The molecule has 2 aromatic rings. The average molecular weight is 301 g/mol. The number of benzene rings is 2. The zero-order chi connectivity index (χ0) is 15.4.